The van der Waals surface area contributed by atoms with Gasteiger partial charge >= 0.3 is 0 Å². The summed E-state index contributed by atoms with van der Waals surface area (Å²) in [5.41, 5.74) is 3.71. The molecule has 17 heavy (non-hydrogen) atoms. The summed E-state index contributed by atoms with van der Waals surface area (Å²) in [6.45, 7) is 3.59. The molecule has 0 aliphatic rings. The van der Waals surface area contributed by atoms with Gasteiger partial charge in [-0.2, -0.15) is 0 Å². The number of aryl methyl sites for hydroxylation is 2. The van der Waals surface area contributed by atoms with Crippen LogP contribution in [0.4, 0.5) is 4.39 Å². The monoisotopic (exact) mass is 231 g/mol. The van der Waals surface area contributed by atoms with Crippen LogP contribution in [0.15, 0.2) is 42.5 Å². The van der Waals surface area contributed by atoms with Crippen molar-refractivity contribution in [2.24, 2.45) is 0 Å². The van der Waals surface area contributed by atoms with E-state index in [4.69, 9.17) is 5.41 Å². The molecule has 0 saturated heterocycles. The molecular formula is C15H18FN. The van der Waals surface area contributed by atoms with Gasteiger partial charge in [0.1, 0.15) is 6.67 Å². The topological polar surface area (TPSA) is 23.9 Å². The zero-order chi connectivity index (χ0) is 12.7. The molecule has 0 saturated carbocycles. The molecule has 0 radical (unpaired) electrons. The van der Waals surface area contributed by atoms with Crippen LogP contribution in [0.1, 0.15) is 23.1 Å². The van der Waals surface area contributed by atoms with Crippen LogP contribution in [0.2, 0.25) is 0 Å². The van der Waals surface area contributed by atoms with E-state index in [2.05, 4.69) is 0 Å². The Hall–Kier alpha value is -1.70. The molecule has 0 atom stereocenters. The van der Waals surface area contributed by atoms with E-state index in [1.54, 1.807) is 12.2 Å². The normalized spacial score (nSPS) is 11.5. The second-order valence-electron chi connectivity index (χ2n) is 3.94. The molecule has 0 aromatic heterocycles. The smallest absolute Gasteiger partial charge is 0.108 e. The third kappa shape index (κ3) is 3.99. The lowest BCUT2D eigenvalue weighted by molar-refractivity contribution is 0.561. The fourth-order valence-corrected chi connectivity index (χ4v) is 1.75. The molecule has 1 rings (SSSR count). The Morgan fingerprint density at radius 3 is 2.41 bits per heavy atom. The highest BCUT2D eigenvalue weighted by Crippen LogP contribution is 2.14. The molecule has 0 aliphatic carbocycles. The van der Waals surface area contributed by atoms with E-state index in [1.165, 1.54) is 6.08 Å². The second kappa shape index (κ2) is 6.79. The number of alkyl halides is 1. The molecule has 1 aromatic carbocycles. The van der Waals surface area contributed by atoms with Crippen molar-refractivity contribution >= 4 is 5.71 Å². The van der Waals surface area contributed by atoms with Crippen LogP contribution in [0.25, 0.3) is 0 Å². The first-order chi connectivity index (χ1) is 8.16. The summed E-state index contributed by atoms with van der Waals surface area (Å²) in [7, 11) is 0. The van der Waals surface area contributed by atoms with E-state index >= 15 is 0 Å². The Labute approximate surface area is 102 Å². The lowest BCUT2D eigenvalue weighted by atomic mass is 9.98. The summed E-state index contributed by atoms with van der Waals surface area (Å²) in [6, 6.07) is 6.01. The first kappa shape index (κ1) is 13.4. The Morgan fingerprint density at radius 1 is 1.18 bits per heavy atom. The third-order valence-corrected chi connectivity index (χ3v) is 2.56. The highest BCUT2D eigenvalue weighted by molar-refractivity contribution is 6.08. The quantitative estimate of drug-likeness (QED) is 0.581. The minimum Gasteiger partial charge on any atom is -0.300 e. The predicted octanol–water partition coefficient (Wildman–Crippen LogP) is 4.14. The lowest BCUT2D eigenvalue weighted by Crippen LogP contribution is -2.00. The summed E-state index contributed by atoms with van der Waals surface area (Å²) < 4.78 is 11.8. The molecule has 0 bridgehead atoms. The SMILES string of the molecule is Cc1cccc(C)c1C(=N)/C=C/C/C=C\CF. The van der Waals surface area contributed by atoms with Crippen LogP contribution in [-0.4, -0.2) is 12.4 Å². The maximum absolute atomic E-state index is 11.8. The summed E-state index contributed by atoms with van der Waals surface area (Å²) >= 11 is 0. The van der Waals surface area contributed by atoms with Gasteiger partial charge in [0.15, 0.2) is 0 Å². The summed E-state index contributed by atoms with van der Waals surface area (Å²) in [5.74, 6) is 0. The summed E-state index contributed by atoms with van der Waals surface area (Å²) in [6.07, 6.45) is 7.55. The highest BCUT2D eigenvalue weighted by Gasteiger charge is 2.04. The van der Waals surface area contributed by atoms with Crippen LogP contribution in [-0.2, 0) is 0 Å². The fourth-order valence-electron chi connectivity index (χ4n) is 1.75. The highest BCUT2D eigenvalue weighted by atomic mass is 19.1. The second-order valence-corrected chi connectivity index (χ2v) is 3.94. The van der Waals surface area contributed by atoms with Crippen molar-refractivity contribution in [2.75, 3.05) is 6.67 Å². The average Bonchev–Trinajstić information content (AvgIpc) is 2.28. The van der Waals surface area contributed by atoms with E-state index in [0.717, 1.165) is 16.7 Å². The molecule has 0 amide bonds. The zero-order valence-corrected chi connectivity index (χ0v) is 10.3. The van der Waals surface area contributed by atoms with Gasteiger partial charge in [0.2, 0.25) is 0 Å². The van der Waals surface area contributed by atoms with E-state index in [0.29, 0.717) is 12.1 Å². The molecule has 1 nitrogen and oxygen atoms in total. The van der Waals surface area contributed by atoms with E-state index in [1.807, 2.05) is 38.1 Å². The van der Waals surface area contributed by atoms with Gasteiger partial charge in [-0.3, -0.25) is 0 Å². The van der Waals surface area contributed by atoms with Crippen LogP contribution in [0.3, 0.4) is 0 Å². The van der Waals surface area contributed by atoms with Crippen molar-refractivity contribution in [1.29, 1.82) is 5.41 Å². The van der Waals surface area contributed by atoms with Crippen molar-refractivity contribution in [1.82, 2.24) is 0 Å². The van der Waals surface area contributed by atoms with Crippen LogP contribution in [0.5, 0.6) is 0 Å². The standard InChI is InChI=1S/C15H18FN/c1-12-8-7-9-13(2)15(12)14(17)10-5-3-4-6-11-16/h4-10,17H,3,11H2,1-2H3/b6-4-,10-5+,17-14?. The third-order valence-electron chi connectivity index (χ3n) is 2.56. The van der Waals surface area contributed by atoms with E-state index < -0.39 is 6.67 Å². The molecular weight excluding hydrogens is 213 g/mol. The molecule has 1 N–H and O–H groups in total. The molecule has 0 aliphatic heterocycles. The summed E-state index contributed by atoms with van der Waals surface area (Å²) in [4.78, 5) is 0. The number of allylic oxidation sites excluding steroid dienone is 4. The van der Waals surface area contributed by atoms with Gasteiger partial charge in [-0.25, -0.2) is 4.39 Å². The Bertz CT molecular complexity index is 424. The Kier molecular flexibility index (Phi) is 5.34. The van der Waals surface area contributed by atoms with E-state index in [9.17, 15) is 4.39 Å². The van der Waals surface area contributed by atoms with Crippen LogP contribution < -0.4 is 0 Å². The Balaban J connectivity index is 2.73. The molecule has 0 spiro atoms. The minimum atomic E-state index is -0.428. The number of rotatable bonds is 5. The molecule has 0 heterocycles. The number of nitrogens with one attached hydrogen (secondary N) is 1. The van der Waals surface area contributed by atoms with Gasteiger partial charge in [-0.15, -0.1) is 0 Å². The van der Waals surface area contributed by atoms with Crippen LogP contribution in [0, 0.1) is 19.3 Å². The molecule has 90 valence electrons. The van der Waals surface area contributed by atoms with Gasteiger partial charge < -0.3 is 5.41 Å². The molecule has 1 aromatic rings. The molecule has 0 unspecified atom stereocenters. The summed E-state index contributed by atoms with van der Waals surface area (Å²) in [5, 5.41) is 8.01. The maximum atomic E-state index is 11.8. The molecule has 0 fully saturated rings. The average molecular weight is 231 g/mol. The van der Waals surface area contributed by atoms with Crippen molar-refractivity contribution in [3.05, 3.63) is 59.2 Å². The first-order valence-electron chi connectivity index (χ1n) is 5.69. The molecule has 2 heteroatoms. The Morgan fingerprint density at radius 2 is 1.82 bits per heavy atom. The van der Waals surface area contributed by atoms with Gasteiger partial charge in [0.25, 0.3) is 0 Å². The van der Waals surface area contributed by atoms with Gasteiger partial charge in [0, 0.05) is 5.56 Å². The van der Waals surface area contributed by atoms with Crippen molar-refractivity contribution in [2.45, 2.75) is 20.3 Å². The number of hydrogen-bond donors (Lipinski definition) is 1. The van der Waals surface area contributed by atoms with Crippen LogP contribution >= 0.6 is 0 Å². The number of halogens is 1. The number of hydrogen-bond acceptors (Lipinski definition) is 1. The predicted molar refractivity (Wildman–Crippen MR) is 71.6 cm³/mol. The van der Waals surface area contributed by atoms with E-state index in [-0.39, 0.29) is 0 Å². The number of benzene rings is 1. The minimum absolute atomic E-state index is 0.428. The van der Waals surface area contributed by atoms with Gasteiger partial charge in [-0.1, -0.05) is 36.4 Å². The largest absolute Gasteiger partial charge is 0.300 e. The van der Waals surface area contributed by atoms with Crippen molar-refractivity contribution in [3.8, 4) is 0 Å². The first-order valence-corrected chi connectivity index (χ1v) is 5.69. The lowest BCUT2D eigenvalue weighted by Gasteiger charge is -2.07. The maximum Gasteiger partial charge on any atom is 0.108 e. The van der Waals surface area contributed by atoms with Gasteiger partial charge in [0.05, 0.1) is 5.71 Å². The fraction of sp³-hybridized carbons (Fsp3) is 0.267. The zero-order valence-electron chi connectivity index (χ0n) is 10.3. The van der Waals surface area contributed by atoms with Crippen molar-refractivity contribution in [3.63, 3.8) is 0 Å². The van der Waals surface area contributed by atoms with Crippen molar-refractivity contribution < 1.29 is 4.39 Å². The van der Waals surface area contributed by atoms with Gasteiger partial charge in [-0.05, 0) is 37.5 Å².